The third kappa shape index (κ3) is 2.92. The SMILES string of the molecule is COc1cnccc1C(=O)Cc1ccc(Br)cn1. The van der Waals surface area contributed by atoms with Crippen LogP contribution in [0.4, 0.5) is 0 Å². The van der Waals surface area contributed by atoms with E-state index in [1.54, 1.807) is 18.5 Å². The number of hydrogen-bond donors (Lipinski definition) is 0. The molecule has 2 heterocycles. The van der Waals surface area contributed by atoms with E-state index >= 15 is 0 Å². The average Bonchev–Trinajstić information content (AvgIpc) is 2.41. The molecule has 4 nitrogen and oxygen atoms in total. The van der Waals surface area contributed by atoms with Crippen LogP contribution in [0.1, 0.15) is 16.1 Å². The largest absolute Gasteiger partial charge is 0.494 e. The van der Waals surface area contributed by atoms with Crippen LogP contribution in [-0.4, -0.2) is 22.9 Å². The Morgan fingerprint density at radius 1 is 1.33 bits per heavy atom. The van der Waals surface area contributed by atoms with Crippen LogP contribution in [0.15, 0.2) is 41.3 Å². The fraction of sp³-hybridized carbons (Fsp3) is 0.154. The summed E-state index contributed by atoms with van der Waals surface area (Å²) >= 11 is 3.30. The minimum Gasteiger partial charge on any atom is -0.494 e. The molecule has 0 aliphatic rings. The molecule has 5 heteroatoms. The van der Waals surface area contributed by atoms with Gasteiger partial charge in [0.15, 0.2) is 5.78 Å². The molecule has 0 saturated carbocycles. The van der Waals surface area contributed by atoms with Gasteiger partial charge in [0.05, 0.1) is 25.3 Å². The van der Waals surface area contributed by atoms with Gasteiger partial charge in [-0.2, -0.15) is 0 Å². The second kappa shape index (κ2) is 5.73. The number of carbonyl (C=O) groups is 1. The third-order valence-electron chi connectivity index (χ3n) is 2.44. The molecule has 0 aliphatic heterocycles. The first-order valence-corrected chi connectivity index (χ1v) is 6.11. The number of ether oxygens (including phenoxy) is 1. The van der Waals surface area contributed by atoms with Crippen LogP contribution in [0.25, 0.3) is 0 Å². The Morgan fingerprint density at radius 3 is 2.83 bits per heavy atom. The Balaban J connectivity index is 2.19. The second-order valence-electron chi connectivity index (χ2n) is 3.64. The van der Waals surface area contributed by atoms with Crippen LogP contribution in [0.3, 0.4) is 0 Å². The molecular weight excluding hydrogens is 296 g/mol. The van der Waals surface area contributed by atoms with Gasteiger partial charge in [-0.25, -0.2) is 0 Å². The lowest BCUT2D eigenvalue weighted by Gasteiger charge is -2.06. The Morgan fingerprint density at radius 2 is 2.17 bits per heavy atom. The zero-order valence-electron chi connectivity index (χ0n) is 9.76. The zero-order chi connectivity index (χ0) is 13.0. The van der Waals surface area contributed by atoms with Gasteiger partial charge in [-0.3, -0.25) is 14.8 Å². The van der Waals surface area contributed by atoms with E-state index in [9.17, 15) is 4.79 Å². The van der Waals surface area contributed by atoms with Crippen molar-refractivity contribution in [1.82, 2.24) is 9.97 Å². The van der Waals surface area contributed by atoms with Crippen LogP contribution in [0, 0.1) is 0 Å². The summed E-state index contributed by atoms with van der Waals surface area (Å²) in [5.41, 5.74) is 1.25. The Bertz CT molecular complexity index is 555. The molecule has 0 N–H and O–H groups in total. The lowest BCUT2D eigenvalue weighted by atomic mass is 10.1. The maximum absolute atomic E-state index is 12.1. The molecule has 0 amide bonds. The molecule has 0 unspecified atom stereocenters. The van der Waals surface area contributed by atoms with E-state index in [2.05, 4.69) is 25.9 Å². The summed E-state index contributed by atoms with van der Waals surface area (Å²) < 4.78 is 6.00. The van der Waals surface area contributed by atoms with E-state index in [0.29, 0.717) is 11.3 Å². The summed E-state index contributed by atoms with van der Waals surface area (Å²) in [5.74, 6) is 0.448. The van der Waals surface area contributed by atoms with Crippen molar-refractivity contribution in [2.24, 2.45) is 0 Å². The number of rotatable bonds is 4. The highest BCUT2D eigenvalue weighted by molar-refractivity contribution is 9.10. The molecule has 2 rings (SSSR count). The highest BCUT2D eigenvalue weighted by atomic mass is 79.9. The van der Waals surface area contributed by atoms with Gasteiger partial charge in [-0.15, -0.1) is 0 Å². The van der Waals surface area contributed by atoms with Gasteiger partial charge in [-0.1, -0.05) is 0 Å². The van der Waals surface area contributed by atoms with E-state index < -0.39 is 0 Å². The summed E-state index contributed by atoms with van der Waals surface area (Å²) in [4.78, 5) is 20.2. The lowest BCUT2D eigenvalue weighted by molar-refractivity contribution is 0.0989. The van der Waals surface area contributed by atoms with E-state index in [-0.39, 0.29) is 12.2 Å². The number of hydrogen-bond acceptors (Lipinski definition) is 4. The lowest BCUT2D eigenvalue weighted by Crippen LogP contribution is -2.07. The van der Waals surface area contributed by atoms with Gasteiger partial charge in [-0.05, 0) is 34.1 Å². The Kier molecular flexibility index (Phi) is 4.04. The highest BCUT2D eigenvalue weighted by Gasteiger charge is 2.13. The first-order valence-electron chi connectivity index (χ1n) is 5.32. The summed E-state index contributed by atoms with van der Waals surface area (Å²) in [6.45, 7) is 0. The molecule has 92 valence electrons. The molecule has 0 aliphatic carbocycles. The Hall–Kier alpha value is -1.75. The second-order valence-corrected chi connectivity index (χ2v) is 4.56. The number of methoxy groups -OCH3 is 1. The number of nitrogens with zero attached hydrogens (tertiary/aromatic N) is 2. The molecule has 0 atom stereocenters. The van der Waals surface area contributed by atoms with E-state index in [1.165, 1.54) is 13.3 Å². The predicted octanol–water partition coefficient (Wildman–Crippen LogP) is 2.67. The zero-order valence-corrected chi connectivity index (χ0v) is 11.3. The first kappa shape index (κ1) is 12.7. The van der Waals surface area contributed by atoms with Crippen LogP contribution in [0.2, 0.25) is 0 Å². The maximum Gasteiger partial charge on any atom is 0.172 e. The number of aromatic nitrogens is 2. The monoisotopic (exact) mass is 306 g/mol. The van der Waals surface area contributed by atoms with Crippen molar-refractivity contribution in [1.29, 1.82) is 0 Å². The van der Waals surface area contributed by atoms with Gasteiger partial charge in [0, 0.05) is 22.6 Å². The average molecular weight is 307 g/mol. The van der Waals surface area contributed by atoms with Crippen molar-refractivity contribution < 1.29 is 9.53 Å². The number of carbonyl (C=O) groups excluding carboxylic acids is 1. The molecule has 0 aromatic carbocycles. The maximum atomic E-state index is 12.1. The standard InChI is InChI=1S/C13H11BrN2O2/c1-18-13-8-15-5-4-11(13)12(17)6-10-3-2-9(14)7-16-10/h2-5,7-8H,6H2,1H3. The number of Topliss-reactive ketones (excluding diaryl/α,β-unsaturated/α-hetero) is 1. The van der Waals surface area contributed by atoms with Crippen LogP contribution in [0.5, 0.6) is 5.75 Å². The molecule has 0 bridgehead atoms. The molecule has 0 fully saturated rings. The summed E-state index contributed by atoms with van der Waals surface area (Å²) in [6, 6.07) is 5.33. The van der Waals surface area contributed by atoms with E-state index in [0.717, 1.165) is 10.2 Å². The van der Waals surface area contributed by atoms with Gasteiger partial charge in [0.25, 0.3) is 0 Å². The van der Waals surface area contributed by atoms with Crippen molar-refractivity contribution in [2.75, 3.05) is 7.11 Å². The fourth-order valence-electron chi connectivity index (χ4n) is 1.54. The van der Waals surface area contributed by atoms with Crippen molar-refractivity contribution in [2.45, 2.75) is 6.42 Å². The van der Waals surface area contributed by atoms with Gasteiger partial charge in [0.2, 0.25) is 0 Å². The molecule has 0 spiro atoms. The number of halogens is 1. The molecule has 0 radical (unpaired) electrons. The third-order valence-corrected chi connectivity index (χ3v) is 2.90. The summed E-state index contributed by atoms with van der Waals surface area (Å²) in [5, 5.41) is 0. The van der Waals surface area contributed by atoms with E-state index in [4.69, 9.17) is 4.74 Å². The van der Waals surface area contributed by atoms with Gasteiger partial charge >= 0.3 is 0 Å². The molecule has 2 aromatic heterocycles. The van der Waals surface area contributed by atoms with Crippen molar-refractivity contribution in [3.05, 3.63) is 52.5 Å². The van der Waals surface area contributed by atoms with Crippen LogP contribution in [-0.2, 0) is 6.42 Å². The predicted molar refractivity (Wildman–Crippen MR) is 70.8 cm³/mol. The Labute approximate surface area is 113 Å². The highest BCUT2D eigenvalue weighted by Crippen LogP contribution is 2.18. The number of pyridine rings is 2. The van der Waals surface area contributed by atoms with Gasteiger partial charge < -0.3 is 4.74 Å². The van der Waals surface area contributed by atoms with Gasteiger partial charge in [0.1, 0.15) is 5.75 Å². The molecule has 18 heavy (non-hydrogen) atoms. The summed E-state index contributed by atoms with van der Waals surface area (Å²) in [7, 11) is 1.52. The minimum atomic E-state index is -0.0379. The van der Waals surface area contributed by atoms with Crippen LogP contribution < -0.4 is 4.74 Å². The van der Waals surface area contributed by atoms with Crippen molar-refractivity contribution in [3.63, 3.8) is 0 Å². The smallest absolute Gasteiger partial charge is 0.172 e. The van der Waals surface area contributed by atoms with Crippen molar-refractivity contribution in [3.8, 4) is 5.75 Å². The molecular formula is C13H11BrN2O2. The normalized spacial score (nSPS) is 10.1. The quantitative estimate of drug-likeness (QED) is 0.815. The van der Waals surface area contributed by atoms with Crippen molar-refractivity contribution >= 4 is 21.7 Å². The summed E-state index contributed by atoms with van der Waals surface area (Å²) in [6.07, 6.45) is 5.02. The van der Waals surface area contributed by atoms with E-state index in [1.807, 2.05) is 12.1 Å². The fourth-order valence-corrected chi connectivity index (χ4v) is 1.78. The molecule has 2 aromatic rings. The topological polar surface area (TPSA) is 52.1 Å². The minimum absolute atomic E-state index is 0.0379. The first-order chi connectivity index (χ1) is 8.70. The number of ketones is 1. The molecule has 0 saturated heterocycles. The van der Waals surface area contributed by atoms with Crippen LogP contribution >= 0.6 is 15.9 Å².